The van der Waals surface area contributed by atoms with Crippen LogP contribution in [0.2, 0.25) is 0 Å². The van der Waals surface area contributed by atoms with Crippen LogP contribution >= 0.6 is 11.3 Å². The predicted octanol–water partition coefficient (Wildman–Crippen LogP) is 2.33. The third kappa shape index (κ3) is 2.82. The van der Waals surface area contributed by atoms with Crippen LogP contribution in [-0.2, 0) is 6.54 Å². The van der Waals surface area contributed by atoms with Gasteiger partial charge in [-0.2, -0.15) is 0 Å². The topological polar surface area (TPSA) is 66.8 Å². The van der Waals surface area contributed by atoms with Gasteiger partial charge in [-0.3, -0.25) is 9.47 Å². The van der Waals surface area contributed by atoms with E-state index in [1.165, 1.54) is 0 Å². The molecule has 6 nitrogen and oxygen atoms in total. The van der Waals surface area contributed by atoms with E-state index in [1.54, 1.807) is 11.3 Å². The zero-order chi connectivity index (χ0) is 15.8. The van der Waals surface area contributed by atoms with Crippen molar-refractivity contribution in [3.05, 3.63) is 44.8 Å². The van der Waals surface area contributed by atoms with Crippen molar-refractivity contribution < 1.29 is 0 Å². The Balaban J connectivity index is 1.48. The fraction of sp³-hybridized carbons (Fsp3) is 0.438. The molecule has 4 rings (SSSR count). The Labute approximate surface area is 137 Å². The lowest BCUT2D eigenvalue weighted by atomic mass is 10.0. The number of hydrogen-bond donors (Lipinski definition) is 1. The van der Waals surface area contributed by atoms with E-state index in [9.17, 15) is 4.79 Å². The smallest absolute Gasteiger partial charge is 0.306 e. The molecule has 1 fully saturated rings. The summed E-state index contributed by atoms with van der Waals surface area (Å²) < 4.78 is 1.93. The second-order valence-electron chi connectivity index (χ2n) is 6.04. The minimum atomic E-state index is 0.00407. The Hall–Kier alpha value is -1.99. The van der Waals surface area contributed by atoms with Gasteiger partial charge in [0, 0.05) is 19.1 Å². The van der Waals surface area contributed by atoms with Gasteiger partial charge in [-0.05, 0) is 31.9 Å². The number of aryl methyl sites for hydroxylation is 1. The molecule has 0 amide bonds. The third-order valence-corrected chi connectivity index (χ3v) is 5.30. The molecule has 1 aliphatic rings. The molecule has 0 aliphatic carbocycles. The molecule has 120 valence electrons. The van der Waals surface area contributed by atoms with Crippen molar-refractivity contribution in [2.75, 3.05) is 13.1 Å². The number of imidazole rings is 1. The number of H-pyrrole nitrogens is 1. The van der Waals surface area contributed by atoms with Crippen LogP contribution in [0.25, 0.3) is 11.0 Å². The standard InChI is InChI=1S/C16H19N5OS/c1-11-18-19-15(23-11)10-20-8-6-12(7-9-20)21-14-5-3-2-4-13(14)17-16(21)22/h2-5,12H,6-10H2,1H3,(H,17,22). The van der Waals surface area contributed by atoms with Crippen molar-refractivity contribution in [2.24, 2.45) is 0 Å². The molecule has 0 spiro atoms. The van der Waals surface area contributed by atoms with E-state index in [1.807, 2.05) is 35.8 Å². The Morgan fingerprint density at radius 2 is 2.04 bits per heavy atom. The summed E-state index contributed by atoms with van der Waals surface area (Å²) in [6.07, 6.45) is 1.97. The maximum absolute atomic E-state index is 12.3. The first-order valence-electron chi connectivity index (χ1n) is 7.91. The summed E-state index contributed by atoms with van der Waals surface area (Å²) in [7, 11) is 0. The average molecular weight is 329 g/mol. The Morgan fingerprint density at radius 1 is 1.26 bits per heavy atom. The van der Waals surface area contributed by atoms with E-state index in [2.05, 4.69) is 20.1 Å². The zero-order valence-corrected chi connectivity index (χ0v) is 13.8. The van der Waals surface area contributed by atoms with Crippen LogP contribution in [0, 0.1) is 6.92 Å². The SMILES string of the molecule is Cc1nnc(CN2CCC(n3c(=O)[nH]c4ccccc43)CC2)s1. The largest absolute Gasteiger partial charge is 0.326 e. The Morgan fingerprint density at radius 3 is 2.78 bits per heavy atom. The summed E-state index contributed by atoms with van der Waals surface area (Å²) in [4.78, 5) is 17.6. The lowest BCUT2D eigenvalue weighted by Gasteiger charge is -2.31. The second kappa shape index (κ2) is 5.90. The van der Waals surface area contributed by atoms with E-state index >= 15 is 0 Å². The molecule has 23 heavy (non-hydrogen) atoms. The molecule has 3 aromatic rings. The minimum Gasteiger partial charge on any atom is -0.306 e. The molecule has 1 aliphatic heterocycles. The third-order valence-electron chi connectivity index (χ3n) is 4.47. The first-order chi connectivity index (χ1) is 11.2. The van der Waals surface area contributed by atoms with Crippen molar-refractivity contribution in [3.8, 4) is 0 Å². The highest BCUT2D eigenvalue weighted by atomic mass is 32.1. The highest BCUT2D eigenvalue weighted by Crippen LogP contribution is 2.25. The van der Waals surface area contributed by atoms with Crippen LogP contribution in [-0.4, -0.2) is 37.7 Å². The number of hydrogen-bond acceptors (Lipinski definition) is 5. The predicted molar refractivity (Wildman–Crippen MR) is 90.8 cm³/mol. The van der Waals surface area contributed by atoms with Crippen molar-refractivity contribution in [2.45, 2.75) is 32.4 Å². The maximum atomic E-state index is 12.3. The molecule has 0 saturated carbocycles. The van der Waals surface area contributed by atoms with Crippen molar-refractivity contribution in [3.63, 3.8) is 0 Å². The number of para-hydroxylation sites is 2. The molecule has 1 aromatic carbocycles. The summed E-state index contributed by atoms with van der Waals surface area (Å²) in [5.41, 5.74) is 1.93. The summed E-state index contributed by atoms with van der Waals surface area (Å²) in [5.74, 6) is 0. The molecular weight excluding hydrogens is 310 g/mol. The number of nitrogens with zero attached hydrogens (tertiary/aromatic N) is 4. The van der Waals surface area contributed by atoms with Gasteiger partial charge in [0.2, 0.25) is 0 Å². The van der Waals surface area contributed by atoms with Crippen LogP contribution < -0.4 is 5.69 Å². The molecule has 1 N–H and O–H groups in total. The summed E-state index contributed by atoms with van der Waals surface area (Å²) >= 11 is 1.66. The highest BCUT2D eigenvalue weighted by molar-refractivity contribution is 7.11. The van der Waals surface area contributed by atoms with Gasteiger partial charge >= 0.3 is 5.69 Å². The molecule has 0 unspecified atom stereocenters. The molecule has 0 radical (unpaired) electrons. The molecular formula is C16H19N5OS. The van der Waals surface area contributed by atoms with Gasteiger partial charge in [-0.25, -0.2) is 4.79 Å². The van der Waals surface area contributed by atoms with Gasteiger partial charge in [0.15, 0.2) is 0 Å². The monoisotopic (exact) mass is 329 g/mol. The lowest BCUT2D eigenvalue weighted by molar-refractivity contribution is 0.179. The first kappa shape index (κ1) is 14.6. The van der Waals surface area contributed by atoms with E-state index in [0.29, 0.717) is 0 Å². The number of likely N-dealkylation sites (tertiary alicyclic amines) is 1. The normalized spacial score (nSPS) is 17.1. The number of aromatic nitrogens is 4. The van der Waals surface area contributed by atoms with Gasteiger partial charge in [-0.15, -0.1) is 21.5 Å². The fourth-order valence-corrected chi connectivity index (χ4v) is 4.12. The van der Waals surface area contributed by atoms with E-state index < -0.39 is 0 Å². The molecule has 2 aromatic heterocycles. The quantitative estimate of drug-likeness (QED) is 0.801. The van der Waals surface area contributed by atoms with E-state index in [4.69, 9.17) is 0 Å². The van der Waals surface area contributed by atoms with Crippen molar-refractivity contribution >= 4 is 22.4 Å². The van der Waals surface area contributed by atoms with E-state index in [0.717, 1.165) is 53.5 Å². The number of aromatic amines is 1. The molecule has 0 bridgehead atoms. The fourth-order valence-electron chi connectivity index (χ4n) is 3.37. The van der Waals surface area contributed by atoms with Gasteiger partial charge in [0.25, 0.3) is 0 Å². The number of piperidine rings is 1. The Kier molecular flexibility index (Phi) is 3.74. The van der Waals surface area contributed by atoms with Gasteiger partial charge in [-0.1, -0.05) is 12.1 Å². The zero-order valence-electron chi connectivity index (χ0n) is 13.0. The van der Waals surface area contributed by atoms with Crippen LogP contribution in [0.5, 0.6) is 0 Å². The minimum absolute atomic E-state index is 0.00407. The maximum Gasteiger partial charge on any atom is 0.326 e. The van der Waals surface area contributed by atoms with Crippen LogP contribution in [0.3, 0.4) is 0 Å². The van der Waals surface area contributed by atoms with Crippen LogP contribution in [0.1, 0.15) is 28.9 Å². The summed E-state index contributed by atoms with van der Waals surface area (Å²) in [6.45, 7) is 4.81. The second-order valence-corrected chi connectivity index (χ2v) is 7.31. The Bertz CT molecular complexity index is 872. The van der Waals surface area contributed by atoms with Crippen LogP contribution in [0.4, 0.5) is 0 Å². The van der Waals surface area contributed by atoms with Crippen molar-refractivity contribution in [1.29, 1.82) is 0 Å². The van der Waals surface area contributed by atoms with Gasteiger partial charge < -0.3 is 4.98 Å². The number of benzene rings is 1. The van der Waals surface area contributed by atoms with Gasteiger partial charge in [0.05, 0.1) is 17.6 Å². The number of rotatable bonds is 3. The first-order valence-corrected chi connectivity index (χ1v) is 8.73. The number of fused-ring (bicyclic) bond motifs is 1. The molecule has 3 heterocycles. The summed E-state index contributed by atoms with van der Waals surface area (Å²) in [6, 6.07) is 8.18. The highest BCUT2D eigenvalue weighted by Gasteiger charge is 2.24. The molecule has 1 saturated heterocycles. The lowest BCUT2D eigenvalue weighted by Crippen LogP contribution is -2.36. The van der Waals surface area contributed by atoms with E-state index in [-0.39, 0.29) is 11.7 Å². The van der Waals surface area contributed by atoms with Gasteiger partial charge in [0.1, 0.15) is 10.0 Å². The molecule has 7 heteroatoms. The summed E-state index contributed by atoms with van der Waals surface area (Å²) in [5, 5.41) is 10.4. The van der Waals surface area contributed by atoms with Crippen LogP contribution in [0.15, 0.2) is 29.1 Å². The number of nitrogens with one attached hydrogen (secondary N) is 1. The average Bonchev–Trinajstić information content (AvgIpc) is 3.10. The molecule has 0 atom stereocenters. The van der Waals surface area contributed by atoms with Crippen molar-refractivity contribution in [1.82, 2.24) is 24.6 Å².